The van der Waals surface area contributed by atoms with Crippen LogP contribution in [0.4, 0.5) is 0 Å². The molecule has 9 heteroatoms. The lowest BCUT2D eigenvalue weighted by Gasteiger charge is -2.27. The summed E-state index contributed by atoms with van der Waals surface area (Å²) < 4.78 is 33.2. The number of halogens is 1. The van der Waals surface area contributed by atoms with Crippen LogP contribution in [-0.2, 0) is 16.6 Å². The highest BCUT2D eigenvalue weighted by atomic mass is 79.9. The molecular formula is C17H19BrN4O3S. The van der Waals surface area contributed by atoms with Gasteiger partial charge in [-0.2, -0.15) is 0 Å². The van der Waals surface area contributed by atoms with E-state index >= 15 is 0 Å². The highest BCUT2D eigenvalue weighted by Crippen LogP contribution is 2.15. The van der Waals surface area contributed by atoms with Crippen LogP contribution in [0.5, 0.6) is 5.75 Å². The lowest BCUT2D eigenvalue weighted by atomic mass is 10.2. The van der Waals surface area contributed by atoms with E-state index < -0.39 is 10.0 Å². The molecule has 0 spiro atoms. The number of sulfonamides is 1. The van der Waals surface area contributed by atoms with E-state index in [1.54, 1.807) is 19.2 Å². The van der Waals surface area contributed by atoms with Crippen LogP contribution in [0.2, 0.25) is 0 Å². The molecule has 0 aromatic heterocycles. The average molecular weight is 439 g/mol. The molecule has 3 rings (SSSR count). The van der Waals surface area contributed by atoms with Crippen molar-refractivity contribution in [1.29, 1.82) is 0 Å². The number of aliphatic imine (C=N–C) groups is 1. The summed E-state index contributed by atoms with van der Waals surface area (Å²) in [4.78, 5) is 6.52. The van der Waals surface area contributed by atoms with Crippen molar-refractivity contribution >= 4 is 31.9 Å². The van der Waals surface area contributed by atoms with Crippen LogP contribution in [-0.4, -0.2) is 39.7 Å². The third kappa shape index (κ3) is 4.75. The Labute approximate surface area is 161 Å². The topological polar surface area (TPSA) is 83.0 Å². The first-order chi connectivity index (χ1) is 12.5. The molecule has 2 aromatic rings. The molecule has 0 aliphatic carbocycles. The summed E-state index contributed by atoms with van der Waals surface area (Å²) >= 11 is 3.29. The van der Waals surface area contributed by atoms with Crippen molar-refractivity contribution in [1.82, 2.24) is 14.9 Å². The summed E-state index contributed by atoms with van der Waals surface area (Å²) in [6.07, 6.45) is 0. The number of rotatable bonds is 5. The van der Waals surface area contributed by atoms with Crippen molar-refractivity contribution < 1.29 is 13.2 Å². The van der Waals surface area contributed by atoms with Gasteiger partial charge in [0.1, 0.15) is 5.75 Å². The fourth-order valence-electron chi connectivity index (χ4n) is 2.43. The fraction of sp³-hybridized carbons (Fsp3) is 0.235. The molecule has 0 amide bonds. The van der Waals surface area contributed by atoms with Crippen molar-refractivity contribution in [2.75, 3.05) is 20.4 Å². The van der Waals surface area contributed by atoms with Gasteiger partial charge >= 0.3 is 0 Å². The molecule has 138 valence electrons. The van der Waals surface area contributed by atoms with Gasteiger partial charge in [0, 0.05) is 11.0 Å². The van der Waals surface area contributed by atoms with E-state index in [-0.39, 0.29) is 10.9 Å². The predicted molar refractivity (Wildman–Crippen MR) is 103 cm³/mol. The van der Waals surface area contributed by atoms with Gasteiger partial charge in [0.05, 0.1) is 25.3 Å². The predicted octanol–water partition coefficient (Wildman–Crippen LogP) is 2.11. The Morgan fingerprint density at radius 1 is 1.19 bits per heavy atom. The monoisotopic (exact) mass is 438 g/mol. The van der Waals surface area contributed by atoms with Crippen LogP contribution in [0, 0.1) is 0 Å². The molecule has 2 N–H and O–H groups in total. The van der Waals surface area contributed by atoms with Gasteiger partial charge in [0.15, 0.2) is 0 Å². The number of nitrogens with one attached hydrogen (secondary N) is 2. The van der Waals surface area contributed by atoms with E-state index in [0.717, 1.165) is 15.8 Å². The van der Waals surface area contributed by atoms with Gasteiger partial charge in [-0.25, -0.2) is 18.1 Å². The van der Waals surface area contributed by atoms with Crippen LogP contribution < -0.4 is 14.8 Å². The Kier molecular flexibility index (Phi) is 5.80. The van der Waals surface area contributed by atoms with Gasteiger partial charge in [-0.15, -0.1) is 0 Å². The van der Waals surface area contributed by atoms with E-state index in [4.69, 9.17) is 4.74 Å². The molecule has 0 saturated carbocycles. The Hall–Kier alpha value is -2.10. The minimum Gasteiger partial charge on any atom is -0.497 e. The number of hydrogen-bond acceptors (Lipinski definition) is 6. The highest BCUT2D eigenvalue weighted by molar-refractivity contribution is 9.10. The second kappa shape index (κ2) is 8.07. The molecule has 0 bridgehead atoms. The summed E-state index contributed by atoms with van der Waals surface area (Å²) in [5.41, 5.74) is 1.13. The third-order valence-electron chi connectivity index (χ3n) is 3.82. The Balaban J connectivity index is 1.59. The maximum absolute atomic E-state index is 12.4. The number of ether oxygens (including phenoxy) is 1. The number of methoxy groups -OCH3 is 1. The molecule has 0 atom stereocenters. The van der Waals surface area contributed by atoms with E-state index in [1.165, 1.54) is 12.1 Å². The van der Waals surface area contributed by atoms with Gasteiger partial charge in [-0.3, -0.25) is 4.90 Å². The van der Waals surface area contributed by atoms with Gasteiger partial charge in [-0.1, -0.05) is 28.1 Å². The van der Waals surface area contributed by atoms with Crippen LogP contribution in [0.25, 0.3) is 0 Å². The first-order valence-corrected chi connectivity index (χ1v) is 10.2. The van der Waals surface area contributed by atoms with E-state index in [1.807, 2.05) is 24.3 Å². The van der Waals surface area contributed by atoms with Gasteiger partial charge < -0.3 is 10.1 Å². The minimum atomic E-state index is -3.66. The molecule has 0 saturated heterocycles. The van der Waals surface area contributed by atoms with Crippen LogP contribution >= 0.6 is 15.9 Å². The fourth-order valence-corrected chi connectivity index (χ4v) is 3.69. The maximum Gasteiger partial charge on any atom is 0.264 e. The standard InChI is InChI=1S/C17H19BrN4O3S/c1-25-15-6-2-13(3-7-15)10-22-11-19-17(20-12-22)21-26(23,24)16-8-4-14(18)5-9-16/h2-9H,10-12H2,1H3,(H2,19,20,21). The molecular weight excluding hydrogens is 420 g/mol. The zero-order valence-corrected chi connectivity index (χ0v) is 16.5. The summed E-state index contributed by atoms with van der Waals surface area (Å²) in [5.74, 6) is 1.06. The SMILES string of the molecule is COc1ccc(CN2CN=C(NS(=O)(=O)c3ccc(Br)cc3)NC2)cc1. The zero-order valence-electron chi connectivity index (χ0n) is 14.1. The van der Waals surface area contributed by atoms with Gasteiger partial charge in [-0.05, 0) is 42.0 Å². The van der Waals surface area contributed by atoms with Crippen molar-refractivity contribution in [2.24, 2.45) is 4.99 Å². The molecule has 0 radical (unpaired) electrons. The Bertz CT molecular complexity index is 883. The van der Waals surface area contributed by atoms with E-state index in [9.17, 15) is 8.42 Å². The van der Waals surface area contributed by atoms with Crippen LogP contribution in [0.15, 0.2) is 62.9 Å². The van der Waals surface area contributed by atoms with Crippen molar-refractivity contribution in [3.8, 4) is 5.75 Å². The molecule has 0 fully saturated rings. The lowest BCUT2D eigenvalue weighted by molar-refractivity contribution is 0.255. The largest absolute Gasteiger partial charge is 0.497 e. The number of benzene rings is 2. The molecule has 1 aliphatic heterocycles. The first-order valence-electron chi connectivity index (χ1n) is 7.88. The molecule has 2 aromatic carbocycles. The summed E-state index contributed by atoms with van der Waals surface area (Å²) in [5, 5.41) is 3.00. The first kappa shape index (κ1) is 18.7. The van der Waals surface area contributed by atoms with Gasteiger partial charge in [0.2, 0.25) is 5.96 Å². The molecule has 1 aliphatic rings. The summed E-state index contributed by atoms with van der Waals surface area (Å²) in [7, 11) is -2.02. The smallest absolute Gasteiger partial charge is 0.264 e. The Morgan fingerprint density at radius 2 is 1.88 bits per heavy atom. The lowest BCUT2D eigenvalue weighted by Crippen LogP contribution is -2.49. The second-order valence-corrected chi connectivity index (χ2v) is 8.32. The van der Waals surface area contributed by atoms with E-state index in [2.05, 4.69) is 35.9 Å². The number of nitrogens with zero attached hydrogens (tertiary/aromatic N) is 2. The minimum absolute atomic E-state index is 0.186. The quantitative estimate of drug-likeness (QED) is 0.746. The molecule has 26 heavy (non-hydrogen) atoms. The maximum atomic E-state index is 12.4. The average Bonchev–Trinajstić information content (AvgIpc) is 2.64. The normalized spacial score (nSPS) is 15.1. The Morgan fingerprint density at radius 3 is 2.46 bits per heavy atom. The highest BCUT2D eigenvalue weighted by Gasteiger charge is 2.19. The number of guanidine groups is 1. The molecule has 1 heterocycles. The van der Waals surface area contributed by atoms with Crippen molar-refractivity contribution in [2.45, 2.75) is 11.4 Å². The number of hydrogen-bond donors (Lipinski definition) is 2. The van der Waals surface area contributed by atoms with Crippen LogP contribution in [0.1, 0.15) is 5.56 Å². The van der Waals surface area contributed by atoms with Crippen molar-refractivity contribution in [3.63, 3.8) is 0 Å². The molecule has 0 unspecified atom stereocenters. The summed E-state index contributed by atoms with van der Waals surface area (Å²) in [6, 6.07) is 14.2. The summed E-state index contributed by atoms with van der Waals surface area (Å²) in [6.45, 7) is 1.60. The molecule has 7 nitrogen and oxygen atoms in total. The zero-order chi connectivity index (χ0) is 18.6. The second-order valence-electron chi connectivity index (χ2n) is 5.72. The van der Waals surface area contributed by atoms with Gasteiger partial charge in [0.25, 0.3) is 10.0 Å². The third-order valence-corrected chi connectivity index (χ3v) is 5.70. The van der Waals surface area contributed by atoms with Crippen molar-refractivity contribution in [3.05, 3.63) is 58.6 Å². The van der Waals surface area contributed by atoms with E-state index in [0.29, 0.717) is 19.9 Å². The van der Waals surface area contributed by atoms with Crippen LogP contribution in [0.3, 0.4) is 0 Å².